The van der Waals surface area contributed by atoms with E-state index >= 15 is 0 Å². The number of hydrogen-bond acceptors (Lipinski definition) is 5. The van der Waals surface area contributed by atoms with Gasteiger partial charge in [0.15, 0.2) is 0 Å². The number of nitrogens with two attached hydrogens (primary N) is 1. The van der Waals surface area contributed by atoms with Gasteiger partial charge in [-0.2, -0.15) is 4.98 Å². The van der Waals surface area contributed by atoms with Gasteiger partial charge >= 0.3 is 0 Å². The van der Waals surface area contributed by atoms with Gasteiger partial charge in [-0.05, 0) is 25.5 Å². The summed E-state index contributed by atoms with van der Waals surface area (Å²) in [6.45, 7) is 4.66. The van der Waals surface area contributed by atoms with Crippen LogP contribution in [0.3, 0.4) is 0 Å². The molecule has 2 N–H and O–H groups in total. The van der Waals surface area contributed by atoms with Gasteiger partial charge in [0.25, 0.3) is 0 Å². The van der Waals surface area contributed by atoms with Gasteiger partial charge in [-0.1, -0.05) is 30.6 Å². The Bertz CT molecular complexity index is 539. The minimum absolute atomic E-state index is 0.0652. The summed E-state index contributed by atoms with van der Waals surface area (Å²) in [6.07, 6.45) is 2.61. The zero-order valence-corrected chi connectivity index (χ0v) is 12.0. The molecule has 1 aromatic heterocycles. The monoisotopic (exact) mass is 275 g/mol. The lowest BCUT2D eigenvalue weighted by atomic mass is 10.1. The van der Waals surface area contributed by atoms with Crippen LogP contribution in [-0.4, -0.2) is 22.8 Å². The van der Waals surface area contributed by atoms with Gasteiger partial charge < -0.3 is 15.0 Å². The number of rotatable bonds is 7. The van der Waals surface area contributed by atoms with Gasteiger partial charge in [0.2, 0.25) is 11.7 Å². The van der Waals surface area contributed by atoms with Crippen LogP contribution in [0, 0.1) is 0 Å². The van der Waals surface area contributed by atoms with Crippen molar-refractivity contribution in [2.75, 3.05) is 6.61 Å². The lowest BCUT2D eigenvalue weighted by Crippen LogP contribution is -2.22. The molecule has 1 atom stereocenters. The summed E-state index contributed by atoms with van der Waals surface area (Å²) in [5.41, 5.74) is 6.83. The minimum Gasteiger partial charge on any atom is -0.493 e. The molecule has 0 saturated carbocycles. The quantitative estimate of drug-likeness (QED) is 0.841. The average Bonchev–Trinajstić information content (AvgIpc) is 2.88. The van der Waals surface area contributed by atoms with E-state index in [1.54, 1.807) is 0 Å². The zero-order chi connectivity index (χ0) is 14.4. The number of hydrogen-bond donors (Lipinski definition) is 1. The van der Waals surface area contributed by atoms with Crippen LogP contribution in [0.15, 0.2) is 28.8 Å². The van der Waals surface area contributed by atoms with Crippen molar-refractivity contribution in [1.82, 2.24) is 10.1 Å². The van der Waals surface area contributed by atoms with E-state index in [2.05, 4.69) is 17.1 Å². The smallest absolute Gasteiger partial charge is 0.228 e. The van der Waals surface area contributed by atoms with E-state index in [1.165, 1.54) is 0 Å². The summed E-state index contributed by atoms with van der Waals surface area (Å²) < 4.78 is 10.8. The fourth-order valence-electron chi connectivity index (χ4n) is 2.08. The van der Waals surface area contributed by atoms with Crippen LogP contribution in [0.25, 0.3) is 11.4 Å². The van der Waals surface area contributed by atoms with Crippen molar-refractivity contribution in [1.29, 1.82) is 0 Å². The molecule has 0 saturated heterocycles. The van der Waals surface area contributed by atoms with Gasteiger partial charge in [0, 0.05) is 12.5 Å². The molecule has 0 bridgehead atoms. The molecule has 2 aromatic rings. The summed E-state index contributed by atoms with van der Waals surface area (Å²) in [6, 6.07) is 7.74. The number of aromatic nitrogens is 2. The first-order valence-corrected chi connectivity index (χ1v) is 7.05. The molecule has 1 aromatic carbocycles. The molecular weight excluding hydrogens is 254 g/mol. The Kier molecular flexibility index (Phi) is 5.12. The SMILES string of the molecule is CCCC(N)Cc1nc(-c2ccccc2OCC)no1. The predicted octanol–water partition coefficient (Wildman–Crippen LogP) is 2.81. The number of para-hydroxylation sites is 1. The van der Waals surface area contributed by atoms with E-state index in [9.17, 15) is 0 Å². The summed E-state index contributed by atoms with van der Waals surface area (Å²) in [5.74, 6) is 1.89. The number of benzene rings is 1. The van der Waals surface area contributed by atoms with Crippen molar-refractivity contribution in [3.63, 3.8) is 0 Å². The van der Waals surface area contributed by atoms with Crippen LogP contribution < -0.4 is 10.5 Å². The van der Waals surface area contributed by atoms with E-state index in [0.29, 0.717) is 24.7 Å². The van der Waals surface area contributed by atoms with E-state index in [0.717, 1.165) is 24.2 Å². The van der Waals surface area contributed by atoms with Gasteiger partial charge in [-0.15, -0.1) is 0 Å². The maximum absolute atomic E-state index is 5.99. The summed E-state index contributed by atoms with van der Waals surface area (Å²) in [7, 11) is 0. The van der Waals surface area contributed by atoms with E-state index in [1.807, 2.05) is 31.2 Å². The maximum atomic E-state index is 5.99. The van der Waals surface area contributed by atoms with E-state index in [4.69, 9.17) is 15.0 Å². The molecule has 1 unspecified atom stereocenters. The molecule has 5 nitrogen and oxygen atoms in total. The molecule has 2 rings (SSSR count). The lowest BCUT2D eigenvalue weighted by Gasteiger charge is -2.06. The summed E-state index contributed by atoms with van der Waals surface area (Å²) >= 11 is 0. The normalized spacial score (nSPS) is 12.3. The van der Waals surface area contributed by atoms with E-state index < -0.39 is 0 Å². The molecule has 0 aliphatic carbocycles. The van der Waals surface area contributed by atoms with Crippen LogP contribution >= 0.6 is 0 Å². The predicted molar refractivity (Wildman–Crippen MR) is 77.5 cm³/mol. The second-order valence-corrected chi connectivity index (χ2v) is 4.69. The second-order valence-electron chi connectivity index (χ2n) is 4.69. The maximum Gasteiger partial charge on any atom is 0.228 e. The molecule has 0 spiro atoms. The Hall–Kier alpha value is -1.88. The van der Waals surface area contributed by atoms with Crippen molar-refractivity contribution >= 4 is 0 Å². The Balaban J connectivity index is 2.16. The zero-order valence-electron chi connectivity index (χ0n) is 12.0. The van der Waals surface area contributed by atoms with Gasteiger partial charge in [-0.3, -0.25) is 0 Å². The number of ether oxygens (including phenoxy) is 1. The third-order valence-electron chi connectivity index (χ3n) is 2.99. The Labute approximate surface area is 119 Å². The first-order valence-electron chi connectivity index (χ1n) is 7.05. The highest BCUT2D eigenvalue weighted by atomic mass is 16.5. The number of nitrogens with zero attached hydrogens (tertiary/aromatic N) is 2. The third kappa shape index (κ3) is 3.57. The second kappa shape index (κ2) is 7.05. The summed E-state index contributed by atoms with van der Waals surface area (Å²) in [4.78, 5) is 4.41. The van der Waals surface area contributed by atoms with Crippen molar-refractivity contribution < 1.29 is 9.26 Å². The fourth-order valence-corrected chi connectivity index (χ4v) is 2.08. The first-order chi connectivity index (χ1) is 9.74. The van der Waals surface area contributed by atoms with Crippen molar-refractivity contribution in [2.45, 2.75) is 39.2 Å². The third-order valence-corrected chi connectivity index (χ3v) is 2.99. The van der Waals surface area contributed by atoms with Crippen LogP contribution in [0.1, 0.15) is 32.6 Å². The van der Waals surface area contributed by atoms with Crippen molar-refractivity contribution in [3.05, 3.63) is 30.2 Å². The van der Waals surface area contributed by atoms with Gasteiger partial charge in [-0.25, -0.2) is 0 Å². The highest BCUT2D eigenvalue weighted by Gasteiger charge is 2.14. The molecule has 5 heteroatoms. The van der Waals surface area contributed by atoms with Gasteiger partial charge in [0.1, 0.15) is 5.75 Å². The van der Waals surface area contributed by atoms with Crippen LogP contribution in [0.5, 0.6) is 5.75 Å². The van der Waals surface area contributed by atoms with Crippen LogP contribution in [0.4, 0.5) is 0 Å². The molecule has 0 amide bonds. The Morgan fingerprint density at radius 2 is 2.10 bits per heavy atom. The first kappa shape index (κ1) is 14.5. The molecule has 20 heavy (non-hydrogen) atoms. The van der Waals surface area contributed by atoms with E-state index in [-0.39, 0.29) is 6.04 Å². The molecule has 0 aliphatic heterocycles. The lowest BCUT2D eigenvalue weighted by molar-refractivity contribution is 0.340. The largest absolute Gasteiger partial charge is 0.493 e. The van der Waals surface area contributed by atoms with Crippen LogP contribution in [0.2, 0.25) is 0 Å². The Morgan fingerprint density at radius 1 is 1.30 bits per heavy atom. The molecule has 1 heterocycles. The highest BCUT2D eigenvalue weighted by Crippen LogP contribution is 2.27. The Morgan fingerprint density at radius 3 is 2.85 bits per heavy atom. The molecule has 0 radical (unpaired) electrons. The molecule has 108 valence electrons. The average molecular weight is 275 g/mol. The summed E-state index contributed by atoms with van der Waals surface area (Å²) in [5, 5.41) is 4.02. The van der Waals surface area contributed by atoms with Gasteiger partial charge in [0.05, 0.1) is 12.2 Å². The molecule has 0 fully saturated rings. The molecular formula is C15H21N3O2. The minimum atomic E-state index is 0.0652. The fraction of sp³-hybridized carbons (Fsp3) is 0.467. The van der Waals surface area contributed by atoms with Crippen LogP contribution in [-0.2, 0) is 6.42 Å². The van der Waals surface area contributed by atoms with Crippen molar-refractivity contribution in [3.8, 4) is 17.1 Å². The topological polar surface area (TPSA) is 74.2 Å². The van der Waals surface area contributed by atoms with Crippen molar-refractivity contribution in [2.24, 2.45) is 5.73 Å². The standard InChI is InChI=1S/C15H21N3O2/c1-3-7-11(16)10-14-17-15(18-20-14)12-8-5-6-9-13(12)19-4-2/h5-6,8-9,11H,3-4,7,10,16H2,1-2H3. The highest BCUT2D eigenvalue weighted by molar-refractivity contribution is 5.63. The molecule has 0 aliphatic rings.